The maximum atomic E-state index is 5.62. The fourth-order valence-electron chi connectivity index (χ4n) is 2.09. The molecule has 1 aliphatic rings. The van der Waals surface area contributed by atoms with Crippen LogP contribution >= 0.6 is 0 Å². The van der Waals surface area contributed by atoms with Crippen molar-refractivity contribution in [1.29, 1.82) is 0 Å². The lowest BCUT2D eigenvalue weighted by atomic mass is 9.94. The smallest absolute Gasteiger partial charge is 0.149 e. The molecule has 1 aromatic rings. The largest absolute Gasteiger partial charge is 0.382 e. The van der Waals surface area contributed by atoms with Crippen LogP contribution in [0.1, 0.15) is 26.2 Å². The molecule has 0 bridgehead atoms. The molecule has 2 heterocycles. The lowest BCUT2D eigenvalue weighted by Crippen LogP contribution is -2.34. The number of nitrogen functional groups attached to an aromatic ring is 1. The third-order valence-electron chi connectivity index (χ3n) is 3.16. The topological polar surface area (TPSA) is 55.0 Å². The summed E-state index contributed by atoms with van der Waals surface area (Å²) in [7, 11) is 0. The Kier molecular flexibility index (Phi) is 3.04. The van der Waals surface area contributed by atoms with Gasteiger partial charge in [0, 0.05) is 13.1 Å². The summed E-state index contributed by atoms with van der Waals surface area (Å²) in [5.74, 6) is 2.31. The van der Waals surface area contributed by atoms with Crippen LogP contribution in [0.15, 0.2) is 12.4 Å². The van der Waals surface area contributed by atoms with Gasteiger partial charge in [-0.3, -0.25) is 4.98 Å². The van der Waals surface area contributed by atoms with E-state index in [1.807, 2.05) is 0 Å². The highest BCUT2D eigenvalue weighted by molar-refractivity contribution is 5.41. The molecule has 4 nitrogen and oxygen atoms in total. The summed E-state index contributed by atoms with van der Waals surface area (Å²) in [6.07, 6.45) is 7.18. The zero-order chi connectivity index (χ0) is 10.7. The number of hydrogen-bond donors (Lipinski definition) is 1. The van der Waals surface area contributed by atoms with Gasteiger partial charge in [0.25, 0.3) is 0 Å². The van der Waals surface area contributed by atoms with Gasteiger partial charge in [-0.25, -0.2) is 4.98 Å². The molecule has 0 aliphatic carbocycles. The molecule has 1 aliphatic heterocycles. The molecule has 82 valence electrons. The molecule has 1 fully saturated rings. The second-order valence-electron chi connectivity index (χ2n) is 4.14. The van der Waals surface area contributed by atoms with Crippen LogP contribution in [0, 0.1) is 5.92 Å². The summed E-state index contributed by atoms with van der Waals surface area (Å²) in [6, 6.07) is 0. The van der Waals surface area contributed by atoms with Gasteiger partial charge in [0.1, 0.15) is 11.6 Å². The fraction of sp³-hybridized carbons (Fsp3) is 0.636. The average Bonchev–Trinajstić information content (AvgIpc) is 2.29. The standard InChI is InChI=1S/C11H18N4/c1-2-9-3-5-15(6-4-9)11-8-13-7-10(12)14-11/h7-9H,2-6H2,1H3,(H2,12,14). The molecule has 1 saturated heterocycles. The Morgan fingerprint density at radius 2 is 2.13 bits per heavy atom. The quantitative estimate of drug-likeness (QED) is 0.800. The SMILES string of the molecule is CCC1CCN(c2cncc(N)n2)CC1. The van der Waals surface area contributed by atoms with Gasteiger partial charge in [-0.2, -0.15) is 0 Å². The Balaban J connectivity index is 2.01. The molecule has 0 atom stereocenters. The highest BCUT2D eigenvalue weighted by atomic mass is 15.2. The van der Waals surface area contributed by atoms with E-state index in [9.17, 15) is 0 Å². The first-order chi connectivity index (χ1) is 7.29. The molecule has 15 heavy (non-hydrogen) atoms. The van der Waals surface area contributed by atoms with Gasteiger partial charge in [0.2, 0.25) is 0 Å². The summed E-state index contributed by atoms with van der Waals surface area (Å²) in [5.41, 5.74) is 5.62. The number of nitrogens with two attached hydrogens (primary N) is 1. The van der Waals surface area contributed by atoms with E-state index in [4.69, 9.17) is 5.73 Å². The van der Waals surface area contributed by atoms with Crippen LogP contribution in [0.3, 0.4) is 0 Å². The Morgan fingerprint density at radius 1 is 1.40 bits per heavy atom. The summed E-state index contributed by atoms with van der Waals surface area (Å²) in [4.78, 5) is 10.6. The normalized spacial score (nSPS) is 18.1. The lowest BCUT2D eigenvalue weighted by Gasteiger charge is -2.32. The third kappa shape index (κ3) is 2.37. The van der Waals surface area contributed by atoms with Crippen molar-refractivity contribution in [3.8, 4) is 0 Å². The maximum absolute atomic E-state index is 5.62. The predicted octanol–water partition coefficient (Wildman–Crippen LogP) is 1.69. The molecule has 0 unspecified atom stereocenters. The number of aromatic nitrogens is 2. The fourth-order valence-corrected chi connectivity index (χ4v) is 2.09. The number of piperidine rings is 1. The van der Waals surface area contributed by atoms with Crippen molar-refractivity contribution in [2.75, 3.05) is 23.7 Å². The zero-order valence-electron chi connectivity index (χ0n) is 9.19. The number of hydrogen-bond acceptors (Lipinski definition) is 4. The second-order valence-corrected chi connectivity index (χ2v) is 4.14. The Morgan fingerprint density at radius 3 is 2.73 bits per heavy atom. The zero-order valence-corrected chi connectivity index (χ0v) is 9.19. The monoisotopic (exact) mass is 206 g/mol. The van der Waals surface area contributed by atoms with Crippen molar-refractivity contribution in [2.45, 2.75) is 26.2 Å². The first-order valence-corrected chi connectivity index (χ1v) is 5.62. The van der Waals surface area contributed by atoms with Crippen molar-refractivity contribution >= 4 is 11.6 Å². The Hall–Kier alpha value is -1.32. The number of anilines is 2. The summed E-state index contributed by atoms with van der Waals surface area (Å²) in [6.45, 7) is 4.42. The minimum atomic E-state index is 0.505. The first kappa shape index (κ1) is 10.2. The lowest BCUT2D eigenvalue weighted by molar-refractivity contribution is 0.393. The minimum Gasteiger partial charge on any atom is -0.382 e. The molecule has 0 spiro atoms. The predicted molar refractivity (Wildman–Crippen MR) is 61.7 cm³/mol. The van der Waals surface area contributed by atoms with Crippen LogP contribution in [0.2, 0.25) is 0 Å². The molecule has 2 rings (SSSR count). The van der Waals surface area contributed by atoms with Gasteiger partial charge in [0.15, 0.2) is 0 Å². The van der Waals surface area contributed by atoms with Gasteiger partial charge < -0.3 is 10.6 Å². The van der Waals surface area contributed by atoms with Crippen molar-refractivity contribution in [3.05, 3.63) is 12.4 Å². The molecule has 0 amide bonds. The van der Waals surface area contributed by atoms with Gasteiger partial charge in [-0.05, 0) is 18.8 Å². The van der Waals surface area contributed by atoms with E-state index >= 15 is 0 Å². The van der Waals surface area contributed by atoms with Gasteiger partial charge in [0.05, 0.1) is 12.4 Å². The van der Waals surface area contributed by atoms with E-state index in [-0.39, 0.29) is 0 Å². The average molecular weight is 206 g/mol. The van der Waals surface area contributed by atoms with Crippen LogP contribution < -0.4 is 10.6 Å². The number of rotatable bonds is 2. The van der Waals surface area contributed by atoms with Crippen LogP contribution in [0.5, 0.6) is 0 Å². The molecule has 0 radical (unpaired) electrons. The second kappa shape index (κ2) is 4.47. The van der Waals surface area contributed by atoms with Crippen molar-refractivity contribution < 1.29 is 0 Å². The molecule has 2 N–H and O–H groups in total. The molecular formula is C11H18N4. The number of nitrogens with zero attached hydrogens (tertiary/aromatic N) is 3. The van der Waals surface area contributed by atoms with Gasteiger partial charge >= 0.3 is 0 Å². The van der Waals surface area contributed by atoms with Gasteiger partial charge in [-0.15, -0.1) is 0 Å². The van der Waals surface area contributed by atoms with Crippen LogP contribution in [-0.2, 0) is 0 Å². The molecule has 0 saturated carbocycles. The van der Waals surface area contributed by atoms with Crippen molar-refractivity contribution in [2.24, 2.45) is 5.92 Å². The summed E-state index contributed by atoms with van der Waals surface area (Å²) in [5, 5.41) is 0. The molecular weight excluding hydrogens is 188 g/mol. The van der Waals surface area contributed by atoms with Crippen LogP contribution in [0.4, 0.5) is 11.6 Å². The molecule has 0 aromatic carbocycles. The van der Waals surface area contributed by atoms with Gasteiger partial charge in [-0.1, -0.05) is 13.3 Å². The van der Waals surface area contributed by atoms with Crippen molar-refractivity contribution in [3.63, 3.8) is 0 Å². The summed E-state index contributed by atoms with van der Waals surface area (Å²) >= 11 is 0. The third-order valence-corrected chi connectivity index (χ3v) is 3.16. The molecule has 1 aromatic heterocycles. The van der Waals surface area contributed by atoms with Crippen LogP contribution in [0.25, 0.3) is 0 Å². The van der Waals surface area contributed by atoms with E-state index in [2.05, 4.69) is 21.8 Å². The first-order valence-electron chi connectivity index (χ1n) is 5.62. The summed E-state index contributed by atoms with van der Waals surface area (Å²) < 4.78 is 0. The van der Waals surface area contributed by atoms with Crippen molar-refractivity contribution in [1.82, 2.24) is 9.97 Å². The van der Waals surface area contributed by atoms with E-state index in [1.54, 1.807) is 12.4 Å². The van der Waals surface area contributed by atoms with Crippen LogP contribution in [-0.4, -0.2) is 23.1 Å². The minimum absolute atomic E-state index is 0.505. The molecule has 4 heteroatoms. The highest BCUT2D eigenvalue weighted by Crippen LogP contribution is 2.23. The maximum Gasteiger partial charge on any atom is 0.149 e. The van der Waals surface area contributed by atoms with E-state index in [0.717, 1.165) is 24.8 Å². The van der Waals surface area contributed by atoms with E-state index in [1.165, 1.54) is 19.3 Å². The Bertz CT molecular complexity index is 318. The highest BCUT2D eigenvalue weighted by Gasteiger charge is 2.18. The van der Waals surface area contributed by atoms with E-state index < -0.39 is 0 Å². The van der Waals surface area contributed by atoms with E-state index in [0.29, 0.717) is 5.82 Å². The Labute approximate surface area is 90.5 Å².